The minimum Gasteiger partial charge on any atom is -0.477 e. The lowest BCUT2D eigenvalue weighted by Crippen LogP contribution is -2.39. The van der Waals surface area contributed by atoms with Crippen LogP contribution in [-0.2, 0) is 26.7 Å². The molecule has 0 radical (unpaired) electrons. The number of amides is 1. The van der Waals surface area contributed by atoms with Gasteiger partial charge in [0.25, 0.3) is 10.0 Å². The zero-order chi connectivity index (χ0) is 22.2. The summed E-state index contributed by atoms with van der Waals surface area (Å²) in [5.74, 6) is 0.130. The molecule has 1 saturated carbocycles. The van der Waals surface area contributed by atoms with Gasteiger partial charge < -0.3 is 4.74 Å². The molecule has 0 bridgehead atoms. The van der Waals surface area contributed by atoms with Crippen molar-refractivity contribution in [3.63, 3.8) is 0 Å². The number of hydrogen-bond acceptors (Lipinski definition) is 6. The third-order valence-corrected chi connectivity index (χ3v) is 6.92. The predicted octanol–water partition coefficient (Wildman–Crippen LogP) is 3.09. The van der Waals surface area contributed by atoms with Crippen molar-refractivity contribution >= 4 is 26.8 Å². The number of aromatic amines is 1. The summed E-state index contributed by atoms with van der Waals surface area (Å²) in [6.45, 7) is 6.53. The first-order valence-corrected chi connectivity index (χ1v) is 11.9. The summed E-state index contributed by atoms with van der Waals surface area (Å²) in [7, 11) is -4.08. The van der Waals surface area contributed by atoms with Crippen LogP contribution in [0.4, 0.5) is 0 Å². The molecule has 8 nitrogen and oxygen atoms in total. The molecule has 3 aromatic rings. The van der Waals surface area contributed by atoms with Crippen LogP contribution >= 0.6 is 0 Å². The molecule has 9 heteroatoms. The van der Waals surface area contributed by atoms with Crippen molar-refractivity contribution in [2.75, 3.05) is 6.61 Å². The smallest absolute Gasteiger partial charge is 0.264 e. The lowest BCUT2D eigenvalue weighted by Gasteiger charge is -2.20. The minimum absolute atomic E-state index is 0.0135. The van der Waals surface area contributed by atoms with Crippen LogP contribution in [0, 0.1) is 5.92 Å². The lowest BCUT2D eigenvalue weighted by molar-refractivity contribution is -0.121. The fourth-order valence-electron chi connectivity index (χ4n) is 3.59. The number of H-pyrrole nitrogens is 1. The maximum absolute atomic E-state index is 13.3. The number of hydrogen-bond donors (Lipinski definition) is 2. The van der Waals surface area contributed by atoms with Crippen LogP contribution in [0.2, 0.25) is 0 Å². The molecule has 1 aliphatic carbocycles. The van der Waals surface area contributed by atoms with Gasteiger partial charge in [0.05, 0.1) is 28.6 Å². The second kappa shape index (κ2) is 7.96. The van der Waals surface area contributed by atoms with Crippen LogP contribution in [-0.4, -0.2) is 36.1 Å². The largest absolute Gasteiger partial charge is 0.477 e. The summed E-state index contributed by atoms with van der Waals surface area (Å²) in [6, 6.07) is 6.72. The molecule has 1 amide bonds. The van der Waals surface area contributed by atoms with E-state index in [9.17, 15) is 13.2 Å². The van der Waals surface area contributed by atoms with Gasteiger partial charge in [0, 0.05) is 17.1 Å². The Kier molecular flexibility index (Phi) is 5.47. The molecule has 1 fully saturated rings. The second-order valence-corrected chi connectivity index (χ2v) is 10.0. The fourth-order valence-corrected chi connectivity index (χ4v) is 4.85. The maximum Gasteiger partial charge on any atom is 0.264 e. The Labute approximate surface area is 181 Å². The molecule has 31 heavy (non-hydrogen) atoms. The highest BCUT2D eigenvalue weighted by atomic mass is 32.2. The molecular weight excluding hydrogens is 416 g/mol. The molecule has 0 atom stereocenters. The third kappa shape index (κ3) is 4.01. The third-order valence-electron chi connectivity index (χ3n) is 5.53. The van der Waals surface area contributed by atoms with Crippen molar-refractivity contribution in [2.24, 2.45) is 5.92 Å². The van der Waals surface area contributed by atoms with E-state index < -0.39 is 21.3 Å². The van der Waals surface area contributed by atoms with Crippen LogP contribution in [0.5, 0.6) is 5.88 Å². The number of nitrogens with one attached hydrogen (secondary N) is 2. The number of nitrogens with zero attached hydrogens (tertiary/aromatic N) is 2. The number of rotatable bonds is 8. The van der Waals surface area contributed by atoms with Crippen molar-refractivity contribution in [2.45, 2.75) is 50.3 Å². The molecule has 0 unspecified atom stereocenters. The van der Waals surface area contributed by atoms with E-state index in [0.717, 1.165) is 12.0 Å². The molecule has 2 aromatic heterocycles. The molecule has 4 rings (SSSR count). The van der Waals surface area contributed by atoms with E-state index in [1.165, 1.54) is 12.3 Å². The first-order chi connectivity index (χ1) is 14.8. The molecule has 1 aromatic carbocycles. The number of sulfonamides is 1. The Bertz CT molecular complexity index is 1230. The Morgan fingerprint density at radius 2 is 2.06 bits per heavy atom. The maximum atomic E-state index is 13.3. The van der Waals surface area contributed by atoms with Crippen molar-refractivity contribution < 1.29 is 17.9 Å². The highest BCUT2D eigenvalue weighted by Gasteiger charge is 2.54. The summed E-state index contributed by atoms with van der Waals surface area (Å²) >= 11 is 0. The number of aryl methyl sites for hydroxylation is 1. The van der Waals surface area contributed by atoms with Gasteiger partial charge in [-0.25, -0.2) is 18.1 Å². The average Bonchev–Trinajstić information content (AvgIpc) is 3.41. The van der Waals surface area contributed by atoms with E-state index in [-0.39, 0.29) is 4.90 Å². The molecular formula is C22H26N4O4S. The van der Waals surface area contributed by atoms with Crippen LogP contribution in [0.3, 0.4) is 0 Å². The summed E-state index contributed by atoms with van der Waals surface area (Å²) in [6.07, 6.45) is 5.01. The summed E-state index contributed by atoms with van der Waals surface area (Å²) in [4.78, 5) is 17.7. The number of ether oxygens (including phenoxy) is 1. The van der Waals surface area contributed by atoms with Gasteiger partial charge in [0.1, 0.15) is 0 Å². The van der Waals surface area contributed by atoms with Gasteiger partial charge in [-0.3, -0.25) is 9.89 Å². The number of aromatic nitrogens is 3. The monoisotopic (exact) mass is 442 g/mol. The molecule has 0 spiro atoms. The van der Waals surface area contributed by atoms with E-state index in [1.807, 2.05) is 26.8 Å². The van der Waals surface area contributed by atoms with E-state index in [2.05, 4.69) is 19.9 Å². The number of fused-ring (bicyclic) bond motifs is 1. The fraction of sp³-hybridized carbons (Fsp3) is 0.409. The van der Waals surface area contributed by atoms with Crippen LogP contribution in [0.25, 0.3) is 10.9 Å². The van der Waals surface area contributed by atoms with Crippen LogP contribution in [0.1, 0.15) is 44.7 Å². The predicted molar refractivity (Wildman–Crippen MR) is 116 cm³/mol. The van der Waals surface area contributed by atoms with Crippen LogP contribution < -0.4 is 9.46 Å². The Balaban J connectivity index is 1.67. The van der Waals surface area contributed by atoms with E-state index in [1.54, 1.807) is 18.3 Å². The molecule has 0 saturated heterocycles. The van der Waals surface area contributed by atoms with Crippen LogP contribution in [0.15, 0.2) is 41.6 Å². The Hall–Kier alpha value is -2.94. The van der Waals surface area contributed by atoms with Gasteiger partial charge in [-0.1, -0.05) is 26.8 Å². The second-order valence-electron chi connectivity index (χ2n) is 8.36. The highest BCUT2D eigenvalue weighted by molar-refractivity contribution is 7.90. The van der Waals surface area contributed by atoms with Gasteiger partial charge in [0.2, 0.25) is 11.8 Å². The van der Waals surface area contributed by atoms with Gasteiger partial charge in [0.15, 0.2) is 0 Å². The first kappa shape index (κ1) is 21.3. The SMILES string of the molecule is CCc1cnc(OCC(C)C)c(C2(C(=O)NS(=O)(=O)c3cccc4[nH]ncc34)CC2)c1. The van der Waals surface area contributed by atoms with E-state index in [0.29, 0.717) is 47.7 Å². The summed E-state index contributed by atoms with van der Waals surface area (Å²) < 4.78 is 34.3. The Morgan fingerprint density at radius 1 is 1.29 bits per heavy atom. The molecule has 2 heterocycles. The first-order valence-electron chi connectivity index (χ1n) is 10.4. The molecule has 0 aliphatic heterocycles. The quantitative estimate of drug-likeness (QED) is 0.554. The average molecular weight is 443 g/mol. The van der Waals surface area contributed by atoms with Gasteiger partial charge in [-0.2, -0.15) is 5.10 Å². The molecule has 1 aliphatic rings. The minimum atomic E-state index is -4.08. The zero-order valence-corrected chi connectivity index (χ0v) is 18.6. The number of carbonyl (C=O) groups excluding carboxylic acids is 1. The molecule has 164 valence electrons. The van der Waals surface area contributed by atoms with Gasteiger partial charge in [-0.05, 0) is 48.9 Å². The molecule has 2 N–H and O–H groups in total. The van der Waals surface area contributed by atoms with E-state index >= 15 is 0 Å². The lowest BCUT2D eigenvalue weighted by atomic mass is 9.94. The number of carbonyl (C=O) groups is 1. The Morgan fingerprint density at radius 3 is 2.74 bits per heavy atom. The summed E-state index contributed by atoms with van der Waals surface area (Å²) in [5.41, 5.74) is 1.25. The van der Waals surface area contributed by atoms with E-state index in [4.69, 9.17) is 4.74 Å². The highest BCUT2D eigenvalue weighted by Crippen LogP contribution is 2.51. The topological polar surface area (TPSA) is 114 Å². The van der Waals surface area contributed by atoms with Crippen molar-refractivity contribution in [1.29, 1.82) is 0 Å². The summed E-state index contributed by atoms with van der Waals surface area (Å²) in [5, 5.41) is 7.08. The van der Waals surface area contributed by atoms with Crippen molar-refractivity contribution in [1.82, 2.24) is 19.9 Å². The van der Waals surface area contributed by atoms with Crippen molar-refractivity contribution in [3.8, 4) is 5.88 Å². The zero-order valence-electron chi connectivity index (χ0n) is 17.8. The van der Waals surface area contributed by atoms with Gasteiger partial charge in [-0.15, -0.1) is 0 Å². The van der Waals surface area contributed by atoms with Crippen molar-refractivity contribution in [3.05, 3.63) is 47.8 Å². The standard InChI is InChI=1S/C22H26N4O4S/c1-4-15-10-17(20(23-11-15)30-13-14(2)3)22(8-9-22)21(27)26-31(28,29)19-7-5-6-18-16(19)12-24-25-18/h5-7,10-12,14H,4,8-9,13H2,1-3H3,(H,24,25)(H,26,27). The normalized spacial score (nSPS) is 15.2. The number of benzene rings is 1. The number of pyridine rings is 1. The van der Waals surface area contributed by atoms with Gasteiger partial charge >= 0.3 is 0 Å².